The van der Waals surface area contributed by atoms with Gasteiger partial charge in [-0.05, 0) is 18.8 Å². The van der Waals surface area contributed by atoms with Crippen LogP contribution in [0, 0.1) is 5.92 Å². The van der Waals surface area contributed by atoms with Crippen molar-refractivity contribution in [3.8, 4) is 0 Å². The first-order chi connectivity index (χ1) is 9.56. The van der Waals surface area contributed by atoms with Gasteiger partial charge in [0.15, 0.2) is 0 Å². The molecule has 20 heavy (non-hydrogen) atoms. The zero-order valence-corrected chi connectivity index (χ0v) is 13.9. The lowest BCUT2D eigenvalue weighted by Gasteiger charge is -2.07. The predicted octanol–water partition coefficient (Wildman–Crippen LogP) is 2.89. The standard InChI is InChI=1S/C14H26O4S2/c1-2-3-4-5-6-7-8-9-10-14(13-20(17)18)11-12-19(15)16/h12-14H,2-11H2,1H3. The molecule has 6 heteroatoms. The Morgan fingerprint density at radius 1 is 0.800 bits per heavy atom. The van der Waals surface area contributed by atoms with E-state index in [1.807, 2.05) is 0 Å². The second kappa shape index (κ2) is 13.4. The molecule has 0 rings (SSSR count). The lowest BCUT2D eigenvalue weighted by Crippen LogP contribution is -2.04. The van der Waals surface area contributed by atoms with E-state index >= 15 is 0 Å². The van der Waals surface area contributed by atoms with E-state index in [4.69, 9.17) is 0 Å². The Morgan fingerprint density at radius 3 is 1.85 bits per heavy atom. The van der Waals surface area contributed by atoms with E-state index < -0.39 is 20.6 Å². The summed E-state index contributed by atoms with van der Waals surface area (Å²) in [5.41, 5.74) is 0. The highest BCUT2D eigenvalue weighted by molar-refractivity contribution is 7.71. The molecule has 0 saturated carbocycles. The molecule has 0 fully saturated rings. The van der Waals surface area contributed by atoms with Crippen LogP contribution in [-0.2, 0) is 20.6 Å². The lowest BCUT2D eigenvalue weighted by molar-refractivity contribution is 0.539. The van der Waals surface area contributed by atoms with Crippen LogP contribution in [0.4, 0.5) is 0 Å². The van der Waals surface area contributed by atoms with Crippen molar-refractivity contribution in [3.05, 3.63) is 0 Å². The molecule has 0 radical (unpaired) electrons. The van der Waals surface area contributed by atoms with Crippen molar-refractivity contribution < 1.29 is 16.8 Å². The third kappa shape index (κ3) is 13.8. The molecule has 0 aromatic rings. The van der Waals surface area contributed by atoms with Gasteiger partial charge in [0.1, 0.15) is 0 Å². The number of hydrogen-bond acceptors (Lipinski definition) is 4. The van der Waals surface area contributed by atoms with Gasteiger partial charge in [0.2, 0.25) is 20.6 Å². The van der Waals surface area contributed by atoms with Gasteiger partial charge in [0, 0.05) is 10.7 Å². The predicted molar refractivity (Wildman–Crippen MR) is 85.3 cm³/mol. The zero-order chi connectivity index (χ0) is 15.2. The third-order valence-electron chi connectivity index (χ3n) is 3.27. The van der Waals surface area contributed by atoms with Crippen molar-refractivity contribution in [1.82, 2.24) is 0 Å². The SMILES string of the molecule is CCCCCCCCCCC(C=S(=O)=O)CC=S(=O)=O. The van der Waals surface area contributed by atoms with Gasteiger partial charge < -0.3 is 0 Å². The van der Waals surface area contributed by atoms with Gasteiger partial charge in [-0.1, -0.05) is 58.3 Å². The summed E-state index contributed by atoms with van der Waals surface area (Å²) in [7, 11) is -4.43. The number of unbranched alkanes of at least 4 members (excludes halogenated alkanes) is 7. The van der Waals surface area contributed by atoms with Gasteiger partial charge in [-0.2, -0.15) is 16.8 Å². The molecule has 118 valence electrons. The second-order valence-electron chi connectivity index (χ2n) is 5.08. The Kier molecular flexibility index (Phi) is 13.0. The second-order valence-corrected chi connectivity index (χ2v) is 6.73. The smallest absolute Gasteiger partial charge is 0.185 e. The van der Waals surface area contributed by atoms with Crippen molar-refractivity contribution in [2.75, 3.05) is 0 Å². The van der Waals surface area contributed by atoms with Crippen LogP contribution >= 0.6 is 0 Å². The van der Waals surface area contributed by atoms with Crippen LogP contribution in [-0.4, -0.2) is 27.6 Å². The summed E-state index contributed by atoms with van der Waals surface area (Å²) in [4.78, 5) is 0. The summed E-state index contributed by atoms with van der Waals surface area (Å²) in [5.74, 6) is -0.189. The Morgan fingerprint density at radius 2 is 1.35 bits per heavy atom. The summed E-state index contributed by atoms with van der Waals surface area (Å²) < 4.78 is 42.3. The van der Waals surface area contributed by atoms with Crippen molar-refractivity contribution in [2.45, 2.75) is 71.1 Å². The van der Waals surface area contributed by atoms with Crippen molar-refractivity contribution in [2.24, 2.45) is 5.92 Å². The van der Waals surface area contributed by atoms with E-state index in [0.29, 0.717) is 0 Å². The Labute approximate surface area is 125 Å². The van der Waals surface area contributed by atoms with Crippen LogP contribution in [0.1, 0.15) is 71.1 Å². The third-order valence-corrected chi connectivity index (χ3v) is 4.34. The maximum atomic E-state index is 10.7. The van der Waals surface area contributed by atoms with E-state index in [1.165, 1.54) is 43.9 Å². The Balaban J connectivity index is 3.86. The van der Waals surface area contributed by atoms with Crippen LogP contribution in [0.2, 0.25) is 0 Å². The maximum Gasteiger partial charge on any atom is 0.210 e. The van der Waals surface area contributed by atoms with Gasteiger partial charge >= 0.3 is 0 Å². The highest BCUT2D eigenvalue weighted by Gasteiger charge is 2.05. The monoisotopic (exact) mass is 322 g/mol. The molecule has 4 nitrogen and oxygen atoms in total. The summed E-state index contributed by atoms with van der Waals surface area (Å²) in [6.45, 7) is 2.20. The first-order valence-electron chi connectivity index (χ1n) is 7.40. The summed E-state index contributed by atoms with van der Waals surface area (Å²) in [6.07, 6.45) is 10.6. The van der Waals surface area contributed by atoms with Crippen molar-refractivity contribution in [3.63, 3.8) is 0 Å². The van der Waals surface area contributed by atoms with Crippen molar-refractivity contribution in [1.29, 1.82) is 0 Å². The van der Waals surface area contributed by atoms with Gasteiger partial charge in [-0.25, -0.2) is 0 Å². The molecule has 0 aliphatic carbocycles. The normalized spacial score (nSPS) is 11.8. The first kappa shape index (κ1) is 19.4. The molecule has 0 heterocycles. The quantitative estimate of drug-likeness (QED) is 0.409. The van der Waals surface area contributed by atoms with Crippen molar-refractivity contribution >= 4 is 31.3 Å². The minimum atomic E-state index is -2.22. The lowest BCUT2D eigenvalue weighted by atomic mass is 9.99. The van der Waals surface area contributed by atoms with Gasteiger partial charge in [-0.3, -0.25) is 0 Å². The molecular formula is C14H26O4S2. The molecule has 1 atom stereocenters. The van der Waals surface area contributed by atoms with Crippen LogP contribution < -0.4 is 0 Å². The summed E-state index contributed by atoms with van der Waals surface area (Å²) in [5, 5.41) is 2.35. The van der Waals surface area contributed by atoms with Crippen LogP contribution in [0.25, 0.3) is 0 Å². The zero-order valence-electron chi connectivity index (χ0n) is 12.3. The molecule has 0 N–H and O–H groups in total. The highest BCUT2D eigenvalue weighted by Crippen LogP contribution is 2.13. The molecule has 0 aliphatic heterocycles. The topological polar surface area (TPSA) is 68.3 Å². The average Bonchev–Trinajstić information content (AvgIpc) is 2.38. The molecule has 0 amide bonds. The van der Waals surface area contributed by atoms with E-state index in [2.05, 4.69) is 6.92 Å². The van der Waals surface area contributed by atoms with Gasteiger partial charge in [0.25, 0.3) is 0 Å². The molecule has 1 unspecified atom stereocenters. The van der Waals surface area contributed by atoms with Crippen LogP contribution in [0.15, 0.2) is 0 Å². The minimum Gasteiger partial charge on any atom is -0.185 e. The molecule has 0 bridgehead atoms. The molecule has 0 aliphatic rings. The fourth-order valence-corrected chi connectivity index (χ4v) is 3.11. The molecule has 0 aromatic carbocycles. The molecule has 0 saturated heterocycles. The number of hydrogen-bond donors (Lipinski definition) is 0. The van der Waals surface area contributed by atoms with E-state index in [1.54, 1.807) is 0 Å². The van der Waals surface area contributed by atoms with E-state index in [-0.39, 0.29) is 12.3 Å². The molecular weight excluding hydrogens is 296 g/mol. The average molecular weight is 322 g/mol. The molecule has 0 spiro atoms. The van der Waals surface area contributed by atoms with Gasteiger partial charge in [-0.15, -0.1) is 0 Å². The summed E-state index contributed by atoms with van der Waals surface area (Å²) in [6, 6.07) is 0. The number of rotatable bonds is 12. The van der Waals surface area contributed by atoms with Crippen LogP contribution in [0.5, 0.6) is 0 Å². The first-order valence-corrected chi connectivity index (χ1v) is 9.68. The fourth-order valence-electron chi connectivity index (χ4n) is 2.14. The molecule has 0 aromatic heterocycles. The Hall–Kier alpha value is -0.620. The van der Waals surface area contributed by atoms with E-state index in [9.17, 15) is 16.8 Å². The summed E-state index contributed by atoms with van der Waals surface area (Å²) >= 11 is 0. The minimum absolute atomic E-state index is 0.189. The highest BCUT2D eigenvalue weighted by atomic mass is 32.2. The largest absolute Gasteiger partial charge is 0.210 e. The van der Waals surface area contributed by atoms with E-state index in [0.717, 1.165) is 24.6 Å². The Bertz CT molecular complexity index is 473. The van der Waals surface area contributed by atoms with Gasteiger partial charge in [0.05, 0.1) is 0 Å². The van der Waals surface area contributed by atoms with Crippen LogP contribution in [0.3, 0.4) is 0 Å². The fraction of sp³-hybridized carbons (Fsp3) is 0.857. The maximum absolute atomic E-state index is 10.7.